The molecule has 1 aliphatic heterocycles. The Morgan fingerprint density at radius 2 is 2.37 bits per heavy atom. The predicted octanol–water partition coefficient (Wildman–Crippen LogP) is 2.23. The summed E-state index contributed by atoms with van der Waals surface area (Å²) in [6, 6.07) is 0.0378. The molecule has 1 aromatic heterocycles. The number of aryl methyl sites for hydroxylation is 2. The molecular weight excluding hydrogens is 326 g/mol. The van der Waals surface area contributed by atoms with Gasteiger partial charge in [0.2, 0.25) is 0 Å². The number of rotatable bonds is 5. The Kier molecular flexibility index (Phi) is 5.74. The number of nitrogens with zero attached hydrogens (tertiary/aromatic N) is 2. The van der Waals surface area contributed by atoms with Gasteiger partial charge in [-0.3, -0.25) is 4.68 Å². The van der Waals surface area contributed by atoms with Crippen LogP contribution in [-0.2, 0) is 24.1 Å². The van der Waals surface area contributed by atoms with E-state index in [4.69, 9.17) is 10.5 Å². The van der Waals surface area contributed by atoms with Gasteiger partial charge in [0.15, 0.2) is 0 Å². The van der Waals surface area contributed by atoms with Gasteiger partial charge in [-0.2, -0.15) is 16.9 Å². The van der Waals surface area contributed by atoms with Crippen LogP contribution in [-0.4, -0.2) is 40.0 Å². The van der Waals surface area contributed by atoms with Crippen molar-refractivity contribution < 1.29 is 4.74 Å². The van der Waals surface area contributed by atoms with Crippen LogP contribution in [0.3, 0.4) is 0 Å². The molecule has 2 N–H and O–H groups in total. The summed E-state index contributed by atoms with van der Waals surface area (Å²) >= 11 is 5.60. The third kappa shape index (κ3) is 3.54. The van der Waals surface area contributed by atoms with Crippen LogP contribution in [0.4, 0.5) is 0 Å². The molecule has 0 aliphatic carbocycles. The maximum Gasteiger partial charge on any atom is 0.0820 e. The Balaban J connectivity index is 2.10. The van der Waals surface area contributed by atoms with Crippen LogP contribution in [0.25, 0.3) is 0 Å². The van der Waals surface area contributed by atoms with Gasteiger partial charge in [-0.15, -0.1) is 0 Å². The first-order valence-corrected chi connectivity index (χ1v) is 8.81. The van der Waals surface area contributed by atoms with E-state index >= 15 is 0 Å². The average Bonchev–Trinajstić information content (AvgIpc) is 2.76. The second kappa shape index (κ2) is 7.11. The molecule has 0 saturated carbocycles. The number of halogens is 1. The van der Waals surface area contributed by atoms with Crippen LogP contribution in [0.5, 0.6) is 0 Å². The summed E-state index contributed by atoms with van der Waals surface area (Å²) in [7, 11) is 0. The van der Waals surface area contributed by atoms with Crippen molar-refractivity contribution in [2.45, 2.75) is 45.4 Å². The second-order valence-electron chi connectivity index (χ2n) is 4.73. The standard InChI is InChI=1S/C13H22BrN3OS/c1-3-10-13(14)11(17(4-2)16-10)7-9(15)12-8-19-6-5-18-12/h9,12H,3-8,15H2,1-2H3. The van der Waals surface area contributed by atoms with Gasteiger partial charge in [0.1, 0.15) is 0 Å². The number of aromatic nitrogens is 2. The minimum Gasteiger partial charge on any atom is -0.375 e. The smallest absolute Gasteiger partial charge is 0.0820 e. The van der Waals surface area contributed by atoms with E-state index in [0.717, 1.165) is 47.7 Å². The largest absolute Gasteiger partial charge is 0.375 e. The van der Waals surface area contributed by atoms with Gasteiger partial charge in [-0.05, 0) is 29.3 Å². The maximum absolute atomic E-state index is 6.32. The van der Waals surface area contributed by atoms with Crippen molar-refractivity contribution in [3.05, 3.63) is 15.9 Å². The monoisotopic (exact) mass is 347 g/mol. The van der Waals surface area contributed by atoms with Crippen molar-refractivity contribution in [3.63, 3.8) is 0 Å². The quantitative estimate of drug-likeness (QED) is 0.887. The fourth-order valence-electron chi connectivity index (χ4n) is 2.32. The van der Waals surface area contributed by atoms with Crippen molar-refractivity contribution in [2.24, 2.45) is 5.73 Å². The van der Waals surface area contributed by atoms with Crippen LogP contribution < -0.4 is 5.73 Å². The lowest BCUT2D eigenvalue weighted by atomic mass is 10.1. The molecule has 6 heteroatoms. The van der Waals surface area contributed by atoms with Gasteiger partial charge < -0.3 is 10.5 Å². The minimum absolute atomic E-state index is 0.0378. The summed E-state index contributed by atoms with van der Waals surface area (Å²) in [5, 5.41) is 4.61. The summed E-state index contributed by atoms with van der Waals surface area (Å²) in [6.45, 7) is 5.93. The van der Waals surface area contributed by atoms with Crippen LogP contribution in [0.2, 0.25) is 0 Å². The fraction of sp³-hybridized carbons (Fsp3) is 0.769. The highest BCUT2D eigenvalue weighted by atomic mass is 79.9. The normalized spacial score (nSPS) is 21.6. The summed E-state index contributed by atoms with van der Waals surface area (Å²) in [5.41, 5.74) is 8.64. The molecule has 1 saturated heterocycles. The number of ether oxygens (including phenoxy) is 1. The Bertz CT molecular complexity index is 418. The molecule has 0 spiro atoms. The fourth-order valence-corrected chi connectivity index (χ4v) is 4.00. The van der Waals surface area contributed by atoms with E-state index in [1.54, 1.807) is 0 Å². The molecule has 1 aromatic rings. The molecule has 0 aromatic carbocycles. The van der Waals surface area contributed by atoms with E-state index in [1.807, 2.05) is 11.8 Å². The zero-order valence-electron chi connectivity index (χ0n) is 11.6. The first kappa shape index (κ1) is 15.4. The number of nitrogens with two attached hydrogens (primary N) is 1. The van der Waals surface area contributed by atoms with E-state index < -0.39 is 0 Å². The third-order valence-electron chi connectivity index (χ3n) is 3.44. The SMILES string of the molecule is CCc1nn(CC)c(CC(N)C2CSCCO2)c1Br. The molecule has 1 aliphatic rings. The van der Waals surface area contributed by atoms with Gasteiger partial charge >= 0.3 is 0 Å². The summed E-state index contributed by atoms with van der Waals surface area (Å²) in [5.74, 6) is 2.08. The van der Waals surface area contributed by atoms with Crippen molar-refractivity contribution in [1.29, 1.82) is 0 Å². The highest BCUT2D eigenvalue weighted by molar-refractivity contribution is 9.10. The Labute approximate surface area is 127 Å². The average molecular weight is 348 g/mol. The molecule has 2 rings (SSSR count). The van der Waals surface area contributed by atoms with Crippen LogP contribution in [0.15, 0.2) is 4.47 Å². The van der Waals surface area contributed by atoms with Gasteiger partial charge in [-0.1, -0.05) is 6.92 Å². The number of hydrogen-bond acceptors (Lipinski definition) is 4. The van der Waals surface area contributed by atoms with Crippen LogP contribution in [0.1, 0.15) is 25.2 Å². The molecule has 108 valence electrons. The van der Waals surface area contributed by atoms with E-state index in [-0.39, 0.29) is 12.1 Å². The Morgan fingerprint density at radius 1 is 1.58 bits per heavy atom. The van der Waals surface area contributed by atoms with Crippen molar-refractivity contribution in [3.8, 4) is 0 Å². The first-order valence-electron chi connectivity index (χ1n) is 6.86. The zero-order chi connectivity index (χ0) is 13.8. The Hall–Kier alpha value is -0.0400. The molecule has 0 amide bonds. The van der Waals surface area contributed by atoms with Crippen molar-refractivity contribution in [2.75, 3.05) is 18.1 Å². The highest BCUT2D eigenvalue weighted by Gasteiger charge is 2.25. The van der Waals surface area contributed by atoms with Gasteiger partial charge in [-0.25, -0.2) is 0 Å². The van der Waals surface area contributed by atoms with Crippen LogP contribution in [0, 0.1) is 0 Å². The summed E-state index contributed by atoms with van der Waals surface area (Å²) < 4.78 is 8.94. The molecule has 0 radical (unpaired) electrons. The summed E-state index contributed by atoms with van der Waals surface area (Å²) in [4.78, 5) is 0. The highest BCUT2D eigenvalue weighted by Crippen LogP contribution is 2.25. The Morgan fingerprint density at radius 3 is 2.95 bits per heavy atom. The summed E-state index contributed by atoms with van der Waals surface area (Å²) in [6.07, 6.45) is 1.91. The lowest BCUT2D eigenvalue weighted by Gasteiger charge is -2.27. The van der Waals surface area contributed by atoms with Gasteiger partial charge in [0, 0.05) is 30.5 Å². The third-order valence-corrected chi connectivity index (χ3v) is 5.38. The lowest BCUT2D eigenvalue weighted by Crippen LogP contribution is -2.43. The molecule has 2 unspecified atom stereocenters. The lowest BCUT2D eigenvalue weighted by molar-refractivity contribution is 0.0567. The molecule has 2 heterocycles. The maximum atomic E-state index is 6.32. The number of thioether (sulfide) groups is 1. The van der Waals surface area contributed by atoms with E-state index in [0.29, 0.717) is 0 Å². The first-order chi connectivity index (χ1) is 9.17. The zero-order valence-corrected chi connectivity index (χ0v) is 14.0. The van der Waals surface area contributed by atoms with E-state index in [2.05, 4.69) is 39.6 Å². The molecule has 0 bridgehead atoms. The minimum atomic E-state index is 0.0378. The molecule has 19 heavy (non-hydrogen) atoms. The molecular formula is C13H22BrN3OS. The molecule has 4 nitrogen and oxygen atoms in total. The van der Waals surface area contributed by atoms with Crippen molar-refractivity contribution >= 4 is 27.7 Å². The van der Waals surface area contributed by atoms with Gasteiger partial charge in [0.25, 0.3) is 0 Å². The molecule has 2 atom stereocenters. The second-order valence-corrected chi connectivity index (χ2v) is 6.67. The molecule has 1 fully saturated rings. The van der Waals surface area contributed by atoms with Gasteiger partial charge in [0.05, 0.1) is 28.6 Å². The van der Waals surface area contributed by atoms with Crippen LogP contribution >= 0.6 is 27.7 Å². The van der Waals surface area contributed by atoms with Crippen molar-refractivity contribution in [1.82, 2.24) is 9.78 Å². The topological polar surface area (TPSA) is 53.1 Å². The predicted molar refractivity (Wildman–Crippen MR) is 83.7 cm³/mol. The van der Waals surface area contributed by atoms with E-state index in [9.17, 15) is 0 Å². The van der Waals surface area contributed by atoms with E-state index in [1.165, 1.54) is 5.69 Å². The number of hydrogen-bond donors (Lipinski definition) is 1.